The van der Waals surface area contributed by atoms with E-state index in [1.807, 2.05) is 13.1 Å². The van der Waals surface area contributed by atoms with Gasteiger partial charge in [0, 0.05) is 30.9 Å². The van der Waals surface area contributed by atoms with Crippen LogP contribution in [-0.4, -0.2) is 20.2 Å². The van der Waals surface area contributed by atoms with E-state index >= 15 is 0 Å². The van der Waals surface area contributed by atoms with Crippen molar-refractivity contribution < 1.29 is 4.52 Å². The molecule has 0 unspecified atom stereocenters. The van der Waals surface area contributed by atoms with Crippen LogP contribution in [0.1, 0.15) is 45.0 Å². The highest BCUT2D eigenvalue weighted by Gasteiger charge is 2.09. The van der Waals surface area contributed by atoms with E-state index in [1.165, 1.54) is 5.56 Å². The molecule has 0 radical (unpaired) electrons. The van der Waals surface area contributed by atoms with E-state index in [-0.39, 0.29) is 5.54 Å². The third kappa shape index (κ3) is 4.21. The Morgan fingerprint density at radius 3 is 2.79 bits per heavy atom. The fourth-order valence-corrected chi connectivity index (χ4v) is 1.72. The smallest absolute Gasteiger partial charge is 0.226 e. The van der Waals surface area contributed by atoms with Crippen LogP contribution in [0.3, 0.4) is 0 Å². The standard InChI is InChI=1S/C14H22N4O/c1-5-13-16-12(17-19-13)10-18-7-6-11(9-18)8-15-14(2,3)4/h6-7,9,15H,5,8,10H2,1-4H3. The van der Waals surface area contributed by atoms with Gasteiger partial charge in [0.25, 0.3) is 0 Å². The lowest BCUT2D eigenvalue weighted by Gasteiger charge is -2.19. The molecule has 0 amide bonds. The van der Waals surface area contributed by atoms with Gasteiger partial charge in [0.05, 0.1) is 6.54 Å². The average molecular weight is 262 g/mol. The summed E-state index contributed by atoms with van der Waals surface area (Å²) in [5.74, 6) is 1.42. The third-order valence-electron chi connectivity index (χ3n) is 2.77. The second-order valence-electron chi connectivity index (χ2n) is 5.75. The lowest BCUT2D eigenvalue weighted by Crippen LogP contribution is -2.34. The maximum Gasteiger partial charge on any atom is 0.226 e. The zero-order valence-electron chi connectivity index (χ0n) is 12.1. The molecule has 19 heavy (non-hydrogen) atoms. The van der Waals surface area contributed by atoms with Gasteiger partial charge in [-0.25, -0.2) is 0 Å². The largest absolute Gasteiger partial charge is 0.346 e. The minimum atomic E-state index is 0.131. The number of hydrogen-bond acceptors (Lipinski definition) is 4. The lowest BCUT2D eigenvalue weighted by atomic mass is 10.1. The molecule has 2 heterocycles. The quantitative estimate of drug-likeness (QED) is 0.898. The van der Waals surface area contributed by atoms with Crippen molar-refractivity contribution in [1.29, 1.82) is 0 Å². The molecule has 0 aliphatic rings. The number of rotatable bonds is 5. The Kier molecular flexibility index (Phi) is 4.04. The maximum absolute atomic E-state index is 5.10. The van der Waals surface area contributed by atoms with Gasteiger partial charge in [0.2, 0.25) is 5.89 Å². The molecule has 2 aromatic rings. The van der Waals surface area contributed by atoms with Crippen LogP contribution in [0.4, 0.5) is 0 Å². The van der Waals surface area contributed by atoms with Crippen molar-refractivity contribution in [1.82, 2.24) is 20.0 Å². The summed E-state index contributed by atoms with van der Waals surface area (Å²) < 4.78 is 7.17. The van der Waals surface area contributed by atoms with Crippen LogP contribution in [0.25, 0.3) is 0 Å². The van der Waals surface area contributed by atoms with Gasteiger partial charge in [0.1, 0.15) is 0 Å². The van der Waals surface area contributed by atoms with Crippen LogP contribution < -0.4 is 5.32 Å². The second kappa shape index (κ2) is 5.57. The van der Waals surface area contributed by atoms with E-state index in [0.29, 0.717) is 12.4 Å². The van der Waals surface area contributed by atoms with Gasteiger partial charge < -0.3 is 14.4 Å². The Bertz CT molecular complexity index is 522. The summed E-state index contributed by atoms with van der Waals surface area (Å²) in [6, 6.07) is 2.11. The predicted molar refractivity (Wildman–Crippen MR) is 73.8 cm³/mol. The van der Waals surface area contributed by atoms with E-state index < -0.39 is 0 Å². The molecule has 5 nitrogen and oxygen atoms in total. The maximum atomic E-state index is 5.10. The molecule has 0 aromatic carbocycles. The normalized spacial score (nSPS) is 12.0. The van der Waals surface area contributed by atoms with Crippen molar-refractivity contribution in [3.63, 3.8) is 0 Å². The summed E-state index contributed by atoms with van der Waals surface area (Å²) in [7, 11) is 0. The molecule has 0 saturated heterocycles. The molecule has 0 fully saturated rings. The molecule has 0 aliphatic carbocycles. The number of nitrogens with one attached hydrogen (secondary N) is 1. The summed E-state index contributed by atoms with van der Waals surface area (Å²) >= 11 is 0. The summed E-state index contributed by atoms with van der Waals surface area (Å²) in [5.41, 5.74) is 1.39. The first-order chi connectivity index (χ1) is 8.96. The van der Waals surface area contributed by atoms with Crippen LogP contribution in [0.2, 0.25) is 0 Å². The molecule has 0 spiro atoms. The van der Waals surface area contributed by atoms with Crippen molar-refractivity contribution in [3.8, 4) is 0 Å². The Balaban J connectivity index is 1.93. The van der Waals surface area contributed by atoms with Gasteiger partial charge in [-0.05, 0) is 32.4 Å². The highest BCUT2D eigenvalue weighted by Crippen LogP contribution is 2.07. The van der Waals surface area contributed by atoms with Crippen LogP contribution >= 0.6 is 0 Å². The first-order valence-electron chi connectivity index (χ1n) is 6.67. The van der Waals surface area contributed by atoms with Gasteiger partial charge in [-0.2, -0.15) is 4.98 Å². The van der Waals surface area contributed by atoms with Gasteiger partial charge in [-0.3, -0.25) is 0 Å². The molecule has 0 saturated carbocycles. The summed E-state index contributed by atoms with van der Waals surface area (Å²) in [4.78, 5) is 4.30. The van der Waals surface area contributed by atoms with E-state index in [4.69, 9.17) is 4.52 Å². The van der Waals surface area contributed by atoms with Crippen molar-refractivity contribution in [2.24, 2.45) is 0 Å². The third-order valence-corrected chi connectivity index (χ3v) is 2.77. The monoisotopic (exact) mass is 262 g/mol. The number of hydrogen-bond donors (Lipinski definition) is 1. The second-order valence-corrected chi connectivity index (χ2v) is 5.75. The molecular weight excluding hydrogens is 240 g/mol. The molecular formula is C14H22N4O. The Labute approximate surface area is 114 Å². The Hall–Kier alpha value is -1.62. The predicted octanol–water partition coefficient (Wildman–Crippen LogP) is 2.37. The number of nitrogens with zero attached hydrogens (tertiary/aromatic N) is 3. The summed E-state index contributed by atoms with van der Waals surface area (Å²) in [6.07, 6.45) is 4.93. The zero-order valence-corrected chi connectivity index (χ0v) is 12.1. The van der Waals surface area contributed by atoms with Gasteiger partial charge in [0.15, 0.2) is 5.82 Å². The molecule has 0 atom stereocenters. The highest BCUT2D eigenvalue weighted by molar-refractivity contribution is 5.11. The Morgan fingerprint density at radius 2 is 2.16 bits per heavy atom. The van der Waals surface area contributed by atoms with E-state index in [1.54, 1.807) is 0 Å². The summed E-state index contributed by atoms with van der Waals surface area (Å²) in [6.45, 7) is 10.0. The van der Waals surface area contributed by atoms with Gasteiger partial charge >= 0.3 is 0 Å². The number of aryl methyl sites for hydroxylation is 1. The van der Waals surface area contributed by atoms with Gasteiger partial charge in [-0.15, -0.1) is 0 Å². The number of aromatic nitrogens is 3. The fourth-order valence-electron chi connectivity index (χ4n) is 1.72. The fraction of sp³-hybridized carbons (Fsp3) is 0.571. The first-order valence-corrected chi connectivity index (χ1v) is 6.67. The van der Waals surface area contributed by atoms with Crippen molar-refractivity contribution in [3.05, 3.63) is 35.7 Å². The minimum Gasteiger partial charge on any atom is -0.346 e. The topological polar surface area (TPSA) is 55.9 Å². The lowest BCUT2D eigenvalue weighted by molar-refractivity contribution is 0.375. The molecule has 2 aromatic heterocycles. The van der Waals surface area contributed by atoms with E-state index in [0.717, 1.165) is 18.8 Å². The first kappa shape index (κ1) is 13.8. The molecule has 2 rings (SSSR count). The van der Waals surface area contributed by atoms with Crippen LogP contribution in [-0.2, 0) is 19.5 Å². The molecule has 1 N–H and O–H groups in total. The SMILES string of the molecule is CCc1nc(Cn2ccc(CNC(C)(C)C)c2)no1. The highest BCUT2D eigenvalue weighted by atomic mass is 16.5. The van der Waals surface area contributed by atoms with Crippen LogP contribution in [0.15, 0.2) is 23.0 Å². The molecule has 104 valence electrons. The molecule has 0 bridgehead atoms. The van der Waals surface area contributed by atoms with Crippen LogP contribution in [0, 0.1) is 0 Å². The average Bonchev–Trinajstić information content (AvgIpc) is 2.95. The Morgan fingerprint density at radius 1 is 1.37 bits per heavy atom. The van der Waals surface area contributed by atoms with E-state index in [9.17, 15) is 0 Å². The van der Waals surface area contributed by atoms with Crippen molar-refractivity contribution in [2.45, 2.75) is 52.7 Å². The zero-order chi connectivity index (χ0) is 13.9. The summed E-state index contributed by atoms with van der Waals surface area (Å²) in [5, 5.41) is 7.42. The molecule has 0 aliphatic heterocycles. The van der Waals surface area contributed by atoms with Crippen molar-refractivity contribution >= 4 is 0 Å². The van der Waals surface area contributed by atoms with Crippen LogP contribution in [0.5, 0.6) is 0 Å². The minimum absolute atomic E-state index is 0.131. The molecule has 5 heteroatoms. The van der Waals surface area contributed by atoms with E-state index in [2.05, 4.69) is 53.1 Å². The van der Waals surface area contributed by atoms with Gasteiger partial charge in [-0.1, -0.05) is 12.1 Å². The van der Waals surface area contributed by atoms with Crippen molar-refractivity contribution in [2.75, 3.05) is 0 Å².